The number of rotatable bonds is 5. The lowest BCUT2D eigenvalue weighted by Gasteiger charge is -2.39. The van der Waals surface area contributed by atoms with Crippen molar-refractivity contribution in [1.82, 2.24) is 15.5 Å². The van der Waals surface area contributed by atoms with E-state index in [1.54, 1.807) is 0 Å². The standard InChI is InChI=1S/C26H31N3O3.2ClH/c30-26(22-12-18-3-1-2-4-19(18)13-27-22)28-25-20-6-7-21(25)15-29(14-20)10-9-17-5-8-23-24(11-17)32-16-31-23;;/h1-5,8,11,20-22,25,27H,6-7,9-10,12-16H2,(H,28,30);2*1H. The van der Waals surface area contributed by atoms with Crippen molar-refractivity contribution in [3.8, 4) is 11.5 Å². The van der Waals surface area contributed by atoms with E-state index in [0.717, 1.165) is 50.5 Å². The second-order valence-electron chi connectivity index (χ2n) is 9.74. The SMILES string of the molecule is Cl.Cl.O=C(NC1C2CCC1CN(CCc1ccc3c(c1)OCO3)C2)C1Cc2ccccc2CN1. The van der Waals surface area contributed by atoms with E-state index in [1.807, 2.05) is 6.07 Å². The van der Waals surface area contributed by atoms with Gasteiger partial charge in [0.25, 0.3) is 0 Å². The number of fused-ring (bicyclic) bond motifs is 4. The summed E-state index contributed by atoms with van der Waals surface area (Å²) < 4.78 is 10.9. The number of hydrogen-bond donors (Lipinski definition) is 2. The molecule has 2 bridgehead atoms. The number of piperidine rings is 1. The first kappa shape index (κ1) is 25.1. The lowest BCUT2D eigenvalue weighted by atomic mass is 9.90. The fraction of sp³-hybridized carbons (Fsp3) is 0.500. The summed E-state index contributed by atoms with van der Waals surface area (Å²) in [5.74, 6) is 3.01. The number of ether oxygens (including phenoxy) is 2. The van der Waals surface area contributed by atoms with Gasteiger partial charge in [0, 0.05) is 32.2 Å². The van der Waals surface area contributed by atoms with Crippen LogP contribution in [-0.2, 0) is 24.2 Å². The number of carbonyl (C=O) groups is 1. The second kappa shape index (κ2) is 10.7. The van der Waals surface area contributed by atoms with Crippen molar-refractivity contribution in [1.29, 1.82) is 0 Å². The lowest BCUT2D eigenvalue weighted by Crippen LogP contribution is -2.57. The Morgan fingerprint density at radius 2 is 1.74 bits per heavy atom. The zero-order valence-corrected chi connectivity index (χ0v) is 20.8. The highest BCUT2D eigenvalue weighted by atomic mass is 35.5. The molecule has 2 aromatic rings. The van der Waals surface area contributed by atoms with E-state index in [4.69, 9.17) is 9.47 Å². The molecule has 0 spiro atoms. The summed E-state index contributed by atoms with van der Waals surface area (Å²) in [5.41, 5.74) is 3.90. The van der Waals surface area contributed by atoms with Gasteiger partial charge >= 0.3 is 0 Å². The first-order chi connectivity index (χ1) is 15.7. The van der Waals surface area contributed by atoms with E-state index in [2.05, 4.69) is 51.9 Å². The molecule has 34 heavy (non-hydrogen) atoms. The predicted molar refractivity (Wildman–Crippen MR) is 136 cm³/mol. The van der Waals surface area contributed by atoms with Crippen LogP contribution in [0.2, 0.25) is 0 Å². The molecule has 3 unspecified atom stereocenters. The highest BCUT2D eigenvalue weighted by Gasteiger charge is 2.43. The van der Waals surface area contributed by atoms with Gasteiger partial charge in [-0.25, -0.2) is 0 Å². The van der Waals surface area contributed by atoms with Crippen molar-refractivity contribution in [2.75, 3.05) is 26.4 Å². The Kier molecular flexibility index (Phi) is 7.93. The summed E-state index contributed by atoms with van der Waals surface area (Å²) in [6, 6.07) is 14.9. The maximum absolute atomic E-state index is 13.1. The number of halogens is 2. The molecule has 2 fully saturated rings. The normalized spacial score (nSPS) is 26.7. The van der Waals surface area contributed by atoms with E-state index in [1.165, 1.54) is 29.5 Å². The van der Waals surface area contributed by atoms with Crippen LogP contribution in [-0.4, -0.2) is 49.3 Å². The average molecular weight is 506 g/mol. The van der Waals surface area contributed by atoms with Gasteiger partial charge in [-0.15, -0.1) is 24.8 Å². The molecule has 3 aliphatic heterocycles. The first-order valence-corrected chi connectivity index (χ1v) is 11.9. The van der Waals surface area contributed by atoms with Crippen LogP contribution in [0.15, 0.2) is 42.5 Å². The van der Waals surface area contributed by atoms with E-state index < -0.39 is 0 Å². The van der Waals surface area contributed by atoms with Gasteiger partial charge in [-0.05, 0) is 66.3 Å². The second-order valence-corrected chi connectivity index (χ2v) is 9.74. The van der Waals surface area contributed by atoms with Gasteiger partial charge in [-0.2, -0.15) is 0 Å². The van der Waals surface area contributed by atoms with Gasteiger partial charge in [0.2, 0.25) is 12.7 Å². The minimum Gasteiger partial charge on any atom is -0.454 e. The Hall–Kier alpha value is -1.99. The Morgan fingerprint density at radius 3 is 2.53 bits per heavy atom. The summed E-state index contributed by atoms with van der Waals surface area (Å²) in [4.78, 5) is 15.7. The molecule has 2 aromatic carbocycles. The fourth-order valence-corrected chi connectivity index (χ4v) is 6.03. The number of likely N-dealkylation sites (tertiary alicyclic amines) is 1. The number of carbonyl (C=O) groups excluding carboxylic acids is 1. The summed E-state index contributed by atoms with van der Waals surface area (Å²) >= 11 is 0. The van der Waals surface area contributed by atoms with E-state index in [0.29, 0.717) is 24.7 Å². The molecule has 8 heteroatoms. The maximum Gasteiger partial charge on any atom is 0.237 e. The Morgan fingerprint density at radius 1 is 1.00 bits per heavy atom. The molecule has 6 rings (SSSR count). The number of amides is 1. The third kappa shape index (κ3) is 5.01. The van der Waals surface area contributed by atoms with Gasteiger partial charge in [0.05, 0.1) is 6.04 Å². The fourth-order valence-electron chi connectivity index (χ4n) is 6.03. The Balaban J connectivity index is 0.00000137. The third-order valence-corrected chi connectivity index (χ3v) is 7.77. The molecule has 184 valence electrons. The van der Waals surface area contributed by atoms with Gasteiger partial charge in [-0.1, -0.05) is 30.3 Å². The smallest absolute Gasteiger partial charge is 0.237 e. The quantitative estimate of drug-likeness (QED) is 0.652. The molecule has 3 atom stereocenters. The first-order valence-electron chi connectivity index (χ1n) is 11.9. The van der Waals surface area contributed by atoms with Crippen molar-refractivity contribution >= 4 is 30.7 Å². The average Bonchev–Trinajstić information content (AvgIpc) is 3.37. The summed E-state index contributed by atoms with van der Waals surface area (Å²) in [7, 11) is 0. The van der Waals surface area contributed by atoms with Crippen LogP contribution in [0.1, 0.15) is 29.5 Å². The monoisotopic (exact) mass is 505 g/mol. The Bertz CT molecular complexity index is 1010. The minimum atomic E-state index is -0.117. The van der Waals surface area contributed by atoms with Gasteiger partial charge < -0.3 is 25.0 Å². The molecule has 3 heterocycles. The molecular weight excluding hydrogens is 473 g/mol. The molecule has 1 aliphatic carbocycles. The van der Waals surface area contributed by atoms with Crippen LogP contribution in [0.3, 0.4) is 0 Å². The number of hydrogen-bond acceptors (Lipinski definition) is 5. The molecular formula is C26H33Cl2N3O3. The predicted octanol–water partition coefficient (Wildman–Crippen LogP) is 3.34. The molecule has 4 aliphatic rings. The zero-order valence-electron chi connectivity index (χ0n) is 19.2. The molecule has 0 aromatic heterocycles. The van der Waals surface area contributed by atoms with Crippen molar-refractivity contribution in [3.63, 3.8) is 0 Å². The van der Waals surface area contributed by atoms with Crippen molar-refractivity contribution in [2.24, 2.45) is 11.8 Å². The molecule has 1 saturated carbocycles. The highest BCUT2D eigenvalue weighted by Crippen LogP contribution is 2.37. The maximum atomic E-state index is 13.1. The van der Waals surface area contributed by atoms with E-state index in [-0.39, 0.29) is 36.8 Å². The van der Waals surface area contributed by atoms with Crippen molar-refractivity contribution < 1.29 is 14.3 Å². The van der Waals surface area contributed by atoms with Crippen LogP contribution < -0.4 is 20.1 Å². The zero-order chi connectivity index (χ0) is 21.5. The van der Waals surface area contributed by atoms with Crippen LogP contribution in [0.4, 0.5) is 0 Å². The number of nitrogens with one attached hydrogen (secondary N) is 2. The summed E-state index contributed by atoms with van der Waals surface area (Å²) in [6.07, 6.45) is 4.23. The van der Waals surface area contributed by atoms with Crippen LogP contribution in [0.5, 0.6) is 11.5 Å². The molecule has 1 saturated heterocycles. The topological polar surface area (TPSA) is 62.8 Å². The van der Waals surface area contributed by atoms with Crippen LogP contribution in [0.25, 0.3) is 0 Å². The molecule has 6 nitrogen and oxygen atoms in total. The van der Waals surface area contributed by atoms with E-state index >= 15 is 0 Å². The number of benzene rings is 2. The van der Waals surface area contributed by atoms with E-state index in [9.17, 15) is 4.79 Å². The van der Waals surface area contributed by atoms with Gasteiger partial charge in [0.1, 0.15) is 0 Å². The van der Waals surface area contributed by atoms with Gasteiger partial charge in [0.15, 0.2) is 11.5 Å². The Labute approximate surface area is 213 Å². The largest absolute Gasteiger partial charge is 0.454 e. The molecule has 0 radical (unpaired) electrons. The van der Waals surface area contributed by atoms with Crippen molar-refractivity contribution in [2.45, 2.75) is 44.3 Å². The highest BCUT2D eigenvalue weighted by molar-refractivity contribution is 5.85. The summed E-state index contributed by atoms with van der Waals surface area (Å²) in [6.45, 7) is 4.30. The molecule has 2 N–H and O–H groups in total. The number of nitrogens with zero attached hydrogens (tertiary/aromatic N) is 1. The molecule has 1 amide bonds. The van der Waals surface area contributed by atoms with Crippen LogP contribution >= 0.6 is 24.8 Å². The third-order valence-electron chi connectivity index (χ3n) is 7.77. The lowest BCUT2D eigenvalue weighted by molar-refractivity contribution is -0.125. The van der Waals surface area contributed by atoms with Crippen LogP contribution in [0, 0.1) is 11.8 Å². The van der Waals surface area contributed by atoms with Gasteiger partial charge in [-0.3, -0.25) is 4.79 Å². The van der Waals surface area contributed by atoms with Crippen molar-refractivity contribution in [3.05, 3.63) is 59.2 Å². The summed E-state index contributed by atoms with van der Waals surface area (Å²) in [5, 5.41) is 6.88. The minimum absolute atomic E-state index is 0.